The number of rotatable bonds is 2. The molecule has 1 N–H and O–H groups in total. The number of halogens is 1. The molecule has 2 rings (SSSR count). The zero-order chi connectivity index (χ0) is 11.4. The van der Waals surface area contributed by atoms with Crippen LogP contribution in [0.1, 0.15) is 12.0 Å². The normalized spacial score (nSPS) is 17.3. The first-order chi connectivity index (χ1) is 7.75. The quantitative estimate of drug-likeness (QED) is 0.897. The fourth-order valence-corrected chi connectivity index (χ4v) is 2.06. The molecule has 1 aromatic carbocycles. The Morgan fingerprint density at radius 3 is 2.75 bits per heavy atom. The average molecular weight is 283 g/mol. The van der Waals surface area contributed by atoms with Crippen molar-refractivity contribution in [3.05, 3.63) is 34.3 Å². The zero-order valence-corrected chi connectivity index (χ0v) is 10.7. The van der Waals surface area contributed by atoms with Crippen LogP contribution in [0.5, 0.6) is 0 Å². The molecule has 0 atom stereocenters. The van der Waals surface area contributed by atoms with Gasteiger partial charge < -0.3 is 10.2 Å². The SMILES string of the molecule is O=C1CCNCCN1Cc1ccc(Br)cc1. The number of carbonyl (C=O) groups is 1. The fraction of sp³-hybridized carbons (Fsp3) is 0.417. The Labute approximate surface area is 104 Å². The van der Waals surface area contributed by atoms with Crippen molar-refractivity contribution in [3.63, 3.8) is 0 Å². The van der Waals surface area contributed by atoms with Crippen LogP contribution in [-0.4, -0.2) is 30.4 Å². The van der Waals surface area contributed by atoms with E-state index in [-0.39, 0.29) is 5.91 Å². The Hall–Kier alpha value is -0.870. The van der Waals surface area contributed by atoms with Gasteiger partial charge in [0.25, 0.3) is 0 Å². The second-order valence-electron chi connectivity index (χ2n) is 3.94. The van der Waals surface area contributed by atoms with Gasteiger partial charge in [0.1, 0.15) is 0 Å². The summed E-state index contributed by atoms with van der Waals surface area (Å²) < 4.78 is 1.07. The van der Waals surface area contributed by atoms with Gasteiger partial charge in [0, 0.05) is 37.1 Å². The number of nitrogens with one attached hydrogen (secondary N) is 1. The molecular weight excluding hydrogens is 268 g/mol. The minimum Gasteiger partial charge on any atom is -0.337 e. The van der Waals surface area contributed by atoms with Crippen molar-refractivity contribution in [2.24, 2.45) is 0 Å². The van der Waals surface area contributed by atoms with Crippen molar-refractivity contribution < 1.29 is 4.79 Å². The van der Waals surface area contributed by atoms with Gasteiger partial charge in [-0.3, -0.25) is 4.79 Å². The molecule has 86 valence electrons. The number of benzene rings is 1. The molecule has 0 aromatic heterocycles. The van der Waals surface area contributed by atoms with Crippen LogP contribution in [-0.2, 0) is 11.3 Å². The molecule has 3 nitrogen and oxygen atoms in total. The number of carbonyl (C=O) groups excluding carboxylic acids is 1. The lowest BCUT2D eigenvalue weighted by atomic mass is 10.2. The summed E-state index contributed by atoms with van der Waals surface area (Å²) >= 11 is 3.40. The molecule has 1 saturated heterocycles. The zero-order valence-electron chi connectivity index (χ0n) is 9.08. The van der Waals surface area contributed by atoms with Gasteiger partial charge in [-0.15, -0.1) is 0 Å². The molecule has 0 saturated carbocycles. The van der Waals surface area contributed by atoms with Gasteiger partial charge in [-0.1, -0.05) is 28.1 Å². The van der Waals surface area contributed by atoms with E-state index in [0.29, 0.717) is 13.0 Å². The van der Waals surface area contributed by atoms with E-state index in [1.807, 2.05) is 17.0 Å². The van der Waals surface area contributed by atoms with Crippen molar-refractivity contribution in [1.82, 2.24) is 10.2 Å². The molecule has 0 radical (unpaired) electrons. The van der Waals surface area contributed by atoms with Gasteiger partial charge in [-0.2, -0.15) is 0 Å². The van der Waals surface area contributed by atoms with Crippen molar-refractivity contribution in [3.8, 4) is 0 Å². The molecule has 1 aromatic rings. The largest absolute Gasteiger partial charge is 0.337 e. The molecule has 1 aliphatic heterocycles. The number of nitrogens with zero attached hydrogens (tertiary/aromatic N) is 1. The summed E-state index contributed by atoms with van der Waals surface area (Å²) in [6, 6.07) is 8.12. The molecule has 0 bridgehead atoms. The van der Waals surface area contributed by atoms with E-state index in [1.165, 1.54) is 5.56 Å². The number of hydrogen-bond acceptors (Lipinski definition) is 2. The summed E-state index contributed by atoms with van der Waals surface area (Å²) in [6.07, 6.45) is 0.608. The first kappa shape index (κ1) is 11.6. The Balaban J connectivity index is 2.02. The molecule has 0 spiro atoms. The third kappa shape index (κ3) is 3.06. The highest BCUT2D eigenvalue weighted by molar-refractivity contribution is 9.10. The number of amides is 1. The first-order valence-corrected chi connectivity index (χ1v) is 6.28. The van der Waals surface area contributed by atoms with Crippen LogP contribution >= 0.6 is 15.9 Å². The molecule has 16 heavy (non-hydrogen) atoms. The standard InChI is InChI=1S/C12H15BrN2O/c13-11-3-1-10(2-4-11)9-15-8-7-14-6-5-12(15)16/h1-4,14H,5-9H2. The van der Waals surface area contributed by atoms with Crippen LogP contribution in [0.3, 0.4) is 0 Å². The van der Waals surface area contributed by atoms with Crippen molar-refractivity contribution in [1.29, 1.82) is 0 Å². The molecule has 1 fully saturated rings. The van der Waals surface area contributed by atoms with E-state index in [0.717, 1.165) is 24.1 Å². The summed E-state index contributed by atoms with van der Waals surface area (Å²) in [5, 5.41) is 3.23. The van der Waals surface area contributed by atoms with Gasteiger partial charge in [0.05, 0.1) is 0 Å². The van der Waals surface area contributed by atoms with Crippen molar-refractivity contribution in [2.75, 3.05) is 19.6 Å². The van der Waals surface area contributed by atoms with Gasteiger partial charge in [0.15, 0.2) is 0 Å². The second kappa shape index (κ2) is 5.46. The Kier molecular flexibility index (Phi) is 3.96. The van der Waals surface area contributed by atoms with Gasteiger partial charge in [0.2, 0.25) is 5.91 Å². The highest BCUT2D eigenvalue weighted by Gasteiger charge is 2.15. The minimum absolute atomic E-state index is 0.243. The van der Waals surface area contributed by atoms with Crippen molar-refractivity contribution >= 4 is 21.8 Å². The molecule has 4 heteroatoms. The second-order valence-corrected chi connectivity index (χ2v) is 4.86. The highest BCUT2D eigenvalue weighted by atomic mass is 79.9. The topological polar surface area (TPSA) is 32.3 Å². The van der Waals surface area contributed by atoms with E-state index < -0.39 is 0 Å². The third-order valence-electron chi connectivity index (χ3n) is 2.71. The van der Waals surface area contributed by atoms with E-state index in [4.69, 9.17) is 0 Å². The van der Waals surface area contributed by atoms with Crippen LogP contribution in [0.4, 0.5) is 0 Å². The summed E-state index contributed by atoms with van der Waals surface area (Å²) in [6.45, 7) is 3.21. The fourth-order valence-electron chi connectivity index (χ4n) is 1.79. The summed E-state index contributed by atoms with van der Waals surface area (Å²) in [4.78, 5) is 13.7. The molecule has 1 amide bonds. The Morgan fingerprint density at radius 2 is 2.00 bits per heavy atom. The summed E-state index contributed by atoms with van der Waals surface area (Å²) in [7, 11) is 0. The summed E-state index contributed by atoms with van der Waals surface area (Å²) in [5.41, 5.74) is 1.18. The van der Waals surface area contributed by atoms with E-state index in [2.05, 4.69) is 33.4 Å². The lowest BCUT2D eigenvalue weighted by molar-refractivity contribution is -0.130. The molecule has 1 aliphatic rings. The predicted octanol–water partition coefficient (Wildman–Crippen LogP) is 1.77. The van der Waals surface area contributed by atoms with Gasteiger partial charge >= 0.3 is 0 Å². The molecule has 0 aliphatic carbocycles. The monoisotopic (exact) mass is 282 g/mol. The van der Waals surface area contributed by atoms with Crippen LogP contribution in [0, 0.1) is 0 Å². The van der Waals surface area contributed by atoms with Crippen molar-refractivity contribution in [2.45, 2.75) is 13.0 Å². The smallest absolute Gasteiger partial charge is 0.224 e. The highest BCUT2D eigenvalue weighted by Crippen LogP contribution is 2.13. The van der Waals surface area contributed by atoms with Crippen LogP contribution < -0.4 is 5.32 Å². The third-order valence-corrected chi connectivity index (χ3v) is 3.24. The van der Waals surface area contributed by atoms with Crippen LogP contribution in [0.2, 0.25) is 0 Å². The maximum absolute atomic E-state index is 11.8. The lowest BCUT2D eigenvalue weighted by Gasteiger charge is -2.20. The van der Waals surface area contributed by atoms with Crippen LogP contribution in [0.15, 0.2) is 28.7 Å². The molecule has 0 unspecified atom stereocenters. The summed E-state index contributed by atoms with van der Waals surface area (Å²) in [5.74, 6) is 0.243. The van der Waals surface area contributed by atoms with E-state index >= 15 is 0 Å². The predicted molar refractivity (Wildman–Crippen MR) is 67.0 cm³/mol. The first-order valence-electron chi connectivity index (χ1n) is 5.48. The minimum atomic E-state index is 0.243. The average Bonchev–Trinajstić information content (AvgIpc) is 2.48. The number of hydrogen-bond donors (Lipinski definition) is 1. The van der Waals surface area contributed by atoms with E-state index in [1.54, 1.807) is 0 Å². The molecular formula is C12H15BrN2O. The van der Waals surface area contributed by atoms with E-state index in [9.17, 15) is 4.79 Å². The van der Waals surface area contributed by atoms with Gasteiger partial charge in [-0.25, -0.2) is 0 Å². The maximum atomic E-state index is 11.8. The van der Waals surface area contributed by atoms with Crippen LogP contribution in [0.25, 0.3) is 0 Å². The van der Waals surface area contributed by atoms with Gasteiger partial charge in [-0.05, 0) is 17.7 Å². The Morgan fingerprint density at radius 1 is 1.25 bits per heavy atom. The maximum Gasteiger partial charge on any atom is 0.224 e. The lowest BCUT2D eigenvalue weighted by Crippen LogP contribution is -2.31. The Bertz CT molecular complexity index is 364. The molecule has 1 heterocycles.